The van der Waals surface area contributed by atoms with Gasteiger partial charge in [0.2, 0.25) is 0 Å². The summed E-state index contributed by atoms with van der Waals surface area (Å²) in [6, 6.07) is 23.6. The summed E-state index contributed by atoms with van der Waals surface area (Å²) in [6.07, 6.45) is 1.09. The number of rotatable bonds is 3. The lowest BCUT2D eigenvalue weighted by atomic mass is 9.90. The van der Waals surface area contributed by atoms with E-state index < -0.39 is 5.97 Å². The number of carboxylic acid groups (broad SMARTS) is 1. The van der Waals surface area contributed by atoms with E-state index >= 15 is 0 Å². The van der Waals surface area contributed by atoms with Gasteiger partial charge in [0.15, 0.2) is 0 Å². The topological polar surface area (TPSA) is 58.6 Å². The second kappa shape index (κ2) is 12.1. The molecule has 0 amide bonds. The average Bonchev–Trinajstić information content (AvgIpc) is 2.81. The molecule has 0 saturated heterocycles. The molecule has 5 heteroatoms. The van der Waals surface area contributed by atoms with Gasteiger partial charge in [0.05, 0.1) is 18.7 Å². The Hall–Kier alpha value is -2.76. The van der Waals surface area contributed by atoms with Crippen LogP contribution in [0.3, 0.4) is 0 Å². The second-order valence-electron chi connectivity index (χ2n) is 6.46. The van der Waals surface area contributed by atoms with Crippen molar-refractivity contribution in [1.29, 1.82) is 0 Å². The van der Waals surface area contributed by atoms with Crippen LogP contribution in [0.25, 0.3) is 0 Å². The van der Waals surface area contributed by atoms with Crippen LogP contribution in [0.2, 0.25) is 0 Å². The number of aromatic carboxylic acids is 1. The maximum atomic E-state index is 10.3. The summed E-state index contributed by atoms with van der Waals surface area (Å²) in [6.45, 7) is 5.03. The minimum absolute atomic E-state index is 0.282. The molecule has 0 aliphatic carbocycles. The van der Waals surface area contributed by atoms with Crippen molar-refractivity contribution in [3.8, 4) is 5.75 Å². The molecule has 3 aromatic rings. The molecule has 4 nitrogen and oxygen atoms in total. The van der Waals surface area contributed by atoms with Crippen LogP contribution >= 0.6 is 12.6 Å². The van der Waals surface area contributed by atoms with E-state index in [2.05, 4.69) is 60.4 Å². The van der Waals surface area contributed by atoms with E-state index in [0.717, 1.165) is 23.6 Å². The fourth-order valence-corrected chi connectivity index (χ4v) is 3.35. The predicted molar refractivity (Wildman–Crippen MR) is 125 cm³/mol. The van der Waals surface area contributed by atoms with Crippen LogP contribution in [0.1, 0.15) is 46.9 Å². The number of carbonyl (C=O) groups is 1. The van der Waals surface area contributed by atoms with Crippen LogP contribution < -0.4 is 10.1 Å². The molecule has 1 unspecified atom stereocenters. The van der Waals surface area contributed by atoms with Crippen LogP contribution in [0.5, 0.6) is 5.75 Å². The molecule has 1 heterocycles. The van der Waals surface area contributed by atoms with E-state index in [4.69, 9.17) is 9.84 Å². The first-order chi connectivity index (χ1) is 14.6. The van der Waals surface area contributed by atoms with Gasteiger partial charge in [0, 0.05) is 11.4 Å². The molecular formula is C25H29NO3S. The van der Waals surface area contributed by atoms with Gasteiger partial charge in [-0.15, -0.1) is 12.6 Å². The Bertz CT molecular complexity index is 927. The lowest BCUT2D eigenvalue weighted by Gasteiger charge is -2.27. The first-order valence-electron chi connectivity index (χ1n) is 10.1. The monoisotopic (exact) mass is 423 g/mol. The number of hydrogen-bond acceptors (Lipinski definition) is 4. The molecule has 0 aromatic heterocycles. The predicted octanol–water partition coefficient (Wildman–Crippen LogP) is 5.63. The second-order valence-corrected chi connectivity index (χ2v) is 6.98. The number of thiol groups is 1. The van der Waals surface area contributed by atoms with Crippen molar-refractivity contribution in [3.63, 3.8) is 0 Å². The molecule has 30 heavy (non-hydrogen) atoms. The van der Waals surface area contributed by atoms with Crippen LogP contribution in [-0.4, -0.2) is 24.7 Å². The zero-order chi connectivity index (χ0) is 21.9. The summed E-state index contributed by atoms with van der Waals surface area (Å²) in [5.74, 6) is 0.0201. The summed E-state index contributed by atoms with van der Waals surface area (Å²) >= 11 is 4.01. The van der Waals surface area contributed by atoms with E-state index in [9.17, 15) is 4.79 Å². The normalized spacial score (nSPS) is 14.2. The van der Waals surface area contributed by atoms with Crippen LogP contribution in [0.4, 0.5) is 0 Å². The molecule has 4 rings (SSSR count). The van der Waals surface area contributed by atoms with Crippen molar-refractivity contribution in [2.75, 3.05) is 13.7 Å². The third kappa shape index (κ3) is 6.37. The van der Waals surface area contributed by atoms with Crippen molar-refractivity contribution in [2.45, 2.75) is 31.2 Å². The highest BCUT2D eigenvalue weighted by molar-refractivity contribution is 7.80. The summed E-state index contributed by atoms with van der Waals surface area (Å²) in [5.41, 5.74) is 4.36. The summed E-state index contributed by atoms with van der Waals surface area (Å²) in [4.78, 5) is 11.1. The largest absolute Gasteiger partial charge is 0.497 e. The van der Waals surface area contributed by atoms with Crippen LogP contribution in [-0.2, 0) is 6.42 Å². The molecule has 158 valence electrons. The van der Waals surface area contributed by atoms with E-state index in [1.165, 1.54) is 28.8 Å². The van der Waals surface area contributed by atoms with Gasteiger partial charge in [-0.3, -0.25) is 0 Å². The average molecular weight is 424 g/mol. The molecule has 0 saturated carbocycles. The van der Waals surface area contributed by atoms with Gasteiger partial charge in [-0.25, -0.2) is 4.79 Å². The number of fused-ring (bicyclic) bond motifs is 1. The van der Waals surface area contributed by atoms with Crippen LogP contribution in [0, 0.1) is 0 Å². The maximum absolute atomic E-state index is 10.3. The van der Waals surface area contributed by atoms with E-state index in [-0.39, 0.29) is 11.6 Å². The molecule has 0 fully saturated rings. The third-order valence-corrected chi connectivity index (χ3v) is 4.95. The Balaban J connectivity index is 0.000000228. The van der Waals surface area contributed by atoms with Gasteiger partial charge in [-0.1, -0.05) is 50.2 Å². The molecule has 1 aliphatic heterocycles. The molecule has 0 bridgehead atoms. The van der Waals surface area contributed by atoms with Crippen molar-refractivity contribution in [1.82, 2.24) is 5.32 Å². The summed E-state index contributed by atoms with van der Waals surface area (Å²) < 4.78 is 5.34. The van der Waals surface area contributed by atoms with E-state index in [0.29, 0.717) is 0 Å². The zero-order valence-corrected chi connectivity index (χ0v) is 18.5. The highest BCUT2D eigenvalue weighted by Gasteiger charge is 2.21. The number of methoxy groups -OCH3 is 1. The smallest absolute Gasteiger partial charge is 0.335 e. The Morgan fingerprint density at radius 3 is 2.30 bits per heavy atom. The molecule has 0 radical (unpaired) electrons. The highest BCUT2D eigenvalue weighted by atomic mass is 32.1. The van der Waals surface area contributed by atoms with Gasteiger partial charge in [-0.05, 0) is 59.5 Å². The fourth-order valence-electron chi connectivity index (χ4n) is 3.20. The van der Waals surface area contributed by atoms with Gasteiger partial charge >= 0.3 is 5.97 Å². The van der Waals surface area contributed by atoms with Gasteiger partial charge in [0.25, 0.3) is 0 Å². The van der Waals surface area contributed by atoms with Gasteiger partial charge in [0.1, 0.15) is 5.75 Å². The first-order valence-corrected chi connectivity index (χ1v) is 10.5. The molecule has 3 aromatic carbocycles. The van der Waals surface area contributed by atoms with Crippen molar-refractivity contribution in [3.05, 3.63) is 95.1 Å². The molecule has 0 spiro atoms. The maximum Gasteiger partial charge on any atom is 0.335 e. The van der Waals surface area contributed by atoms with E-state index in [1.807, 2.05) is 19.9 Å². The number of hydrogen-bond donors (Lipinski definition) is 3. The molecule has 1 aliphatic rings. The highest BCUT2D eigenvalue weighted by Crippen LogP contribution is 2.31. The number of nitrogens with one attached hydrogen (secondary N) is 1. The Morgan fingerprint density at radius 2 is 1.70 bits per heavy atom. The van der Waals surface area contributed by atoms with E-state index in [1.54, 1.807) is 19.2 Å². The Morgan fingerprint density at radius 1 is 1.03 bits per heavy atom. The quantitative estimate of drug-likeness (QED) is 0.478. The van der Waals surface area contributed by atoms with Gasteiger partial charge < -0.3 is 15.2 Å². The number of benzene rings is 3. The fraction of sp³-hybridized carbons (Fsp3) is 0.240. The zero-order valence-electron chi connectivity index (χ0n) is 17.6. The number of carboxylic acids is 1. The summed E-state index contributed by atoms with van der Waals surface area (Å²) in [5, 5.41) is 12.0. The Labute approximate surface area is 184 Å². The molecular weight excluding hydrogens is 394 g/mol. The lowest BCUT2D eigenvalue weighted by molar-refractivity contribution is 0.0697. The minimum Gasteiger partial charge on any atom is -0.497 e. The van der Waals surface area contributed by atoms with Crippen molar-refractivity contribution >= 4 is 18.6 Å². The summed E-state index contributed by atoms with van der Waals surface area (Å²) in [7, 11) is 1.72. The Kier molecular flexibility index (Phi) is 9.45. The molecule has 1 atom stereocenters. The minimum atomic E-state index is -0.909. The molecule has 2 N–H and O–H groups in total. The van der Waals surface area contributed by atoms with Crippen LogP contribution in [0.15, 0.2) is 77.7 Å². The third-order valence-electron chi connectivity index (χ3n) is 4.65. The SMILES string of the molecule is CC.COc1ccc2c(c1)C(c1ccccc1)NCC2.O=C(O)c1ccc(S)cc1. The van der Waals surface area contributed by atoms with Gasteiger partial charge in [-0.2, -0.15) is 0 Å². The lowest BCUT2D eigenvalue weighted by Crippen LogP contribution is -2.30. The standard InChI is InChI=1S/C16H17NO.C7H6O2S.C2H6/c1-18-14-8-7-12-9-10-17-16(15(12)11-14)13-5-3-2-4-6-13;8-7(9)5-1-3-6(10)4-2-5;1-2/h2-8,11,16-17H,9-10H2,1H3;1-4,10H,(H,8,9);1-2H3. The first kappa shape index (κ1) is 23.5. The van der Waals surface area contributed by atoms with Crippen molar-refractivity contribution < 1.29 is 14.6 Å². The number of ether oxygens (including phenoxy) is 1. The van der Waals surface area contributed by atoms with Crippen molar-refractivity contribution in [2.24, 2.45) is 0 Å².